The molecule has 2 N–H and O–H groups in total. The Balaban J connectivity index is 1.25. The van der Waals surface area contributed by atoms with Gasteiger partial charge in [0, 0.05) is 41.0 Å². The number of hydrogen-bond donors (Lipinski definition) is 2. The van der Waals surface area contributed by atoms with Crippen molar-refractivity contribution in [2.75, 3.05) is 23.3 Å². The Hall–Kier alpha value is -4.02. The molecule has 1 amide bonds. The number of nitrogens with one attached hydrogen (secondary N) is 2. The quantitative estimate of drug-likeness (QED) is 0.193. The van der Waals surface area contributed by atoms with Gasteiger partial charge in [-0.1, -0.05) is 11.6 Å². The van der Waals surface area contributed by atoms with Crippen LogP contribution in [0, 0.1) is 10.1 Å². The third-order valence-corrected chi connectivity index (χ3v) is 6.29. The summed E-state index contributed by atoms with van der Waals surface area (Å²) in [6, 6.07) is 16.9. The fourth-order valence-corrected chi connectivity index (χ4v) is 4.47. The maximum atomic E-state index is 12.7. The molecule has 0 bridgehead atoms. The van der Waals surface area contributed by atoms with Crippen LogP contribution < -0.4 is 15.5 Å². The summed E-state index contributed by atoms with van der Waals surface area (Å²) in [6.07, 6.45) is 1.98. The van der Waals surface area contributed by atoms with Crippen molar-refractivity contribution in [3.63, 3.8) is 0 Å². The van der Waals surface area contributed by atoms with Gasteiger partial charge in [0.1, 0.15) is 11.2 Å². The van der Waals surface area contributed by atoms with Gasteiger partial charge >= 0.3 is 0 Å². The zero-order chi connectivity index (χ0) is 25.2. The summed E-state index contributed by atoms with van der Waals surface area (Å²) in [4.78, 5) is 30.3. The third kappa shape index (κ3) is 5.00. The van der Waals surface area contributed by atoms with Gasteiger partial charge in [0.05, 0.1) is 4.92 Å². The summed E-state index contributed by atoms with van der Waals surface area (Å²) in [5, 5.41) is 17.8. The van der Waals surface area contributed by atoms with Crippen LogP contribution in [0.25, 0.3) is 22.6 Å². The van der Waals surface area contributed by atoms with Crippen LogP contribution in [0.3, 0.4) is 0 Å². The summed E-state index contributed by atoms with van der Waals surface area (Å²) >= 11 is 11.3. The van der Waals surface area contributed by atoms with Crippen molar-refractivity contribution in [3.8, 4) is 11.5 Å². The van der Waals surface area contributed by atoms with E-state index in [0.29, 0.717) is 33.4 Å². The highest BCUT2D eigenvalue weighted by Crippen LogP contribution is 2.32. The molecule has 1 saturated heterocycles. The Labute approximate surface area is 216 Å². The Morgan fingerprint density at radius 3 is 2.56 bits per heavy atom. The van der Waals surface area contributed by atoms with Crippen LogP contribution in [0.1, 0.15) is 23.2 Å². The van der Waals surface area contributed by atoms with Gasteiger partial charge in [0.2, 0.25) is 5.89 Å². The molecular weight excluding hydrogens is 502 g/mol. The fraction of sp³-hybridized carbons (Fsp3) is 0.160. The average Bonchev–Trinajstić information content (AvgIpc) is 3.54. The second kappa shape index (κ2) is 9.92. The number of aromatic nitrogens is 1. The number of oxazole rings is 1. The van der Waals surface area contributed by atoms with E-state index in [2.05, 4.69) is 15.6 Å². The monoisotopic (exact) mass is 521 g/mol. The number of thiocarbonyl (C=S) groups is 1. The Bertz CT molecular complexity index is 1480. The molecule has 1 aliphatic heterocycles. The normalized spacial score (nSPS) is 13.1. The number of rotatable bonds is 5. The molecule has 0 atom stereocenters. The van der Waals surface area contributed by atoms with E-state index in [-0.39, 0.29) is 16.4 Å². The van der Waals surface area contributed by atoms with Crippen molar-refractivity contribution in [2.45, 2.75) is 12.8 Å². The van der Waals surface area contributed by atoms with Crippen LogP contribution in [-0.2, 0) is 0 Å². The summed E-state index contributed by atoms with van der Waals surface area (Å²) in [6.45, 7) is 1.53. The molecule has 1 aliphatic rings. The minimum Gasteiger partial charge on any atom is -0.436 e. The van der Waals surface area contributed by atoms with Gasteiger partial charge in [-0.3, -0.25) is 20.2 Å². The maximum Gasteiger partial charge on any atom is 0.293 e. The zero-order valence-corrected chi connectivity index (χ0v) is 20.4. The van der Waals surface area contributed by atoms with Crippen LogP contribution in [0.4, 0.5) is 17.1 Å². The van der Waals surface area contributed by atoms with Gasteiger partial charge in [-0.15, -0.1) is 0 Å². The molecule has 5 rings (SSSR count). The summed E-state index contributed by atoms with van der Waals surface area (Å²) in [5.41, 5.74) is 3.27. The molecule has 0 saturated carbocycles. The van der Waals surface area contributed by atoms with Crippen LogP contribution in [0.2, 0.25) is 5.02 Å². The average molecular weight is 522 g/mol. The Morgan fingerprint density at radius 1 is 1.08 bits per heavy atom. The van der Waals surface area contributed by atoms with Gasteiger partial charge in [0.25, 0.3) is 11.6 Å². The van der Waals surface area contributed by atoms with Gasteiger partial charge in [-0.05, 0) is 79.7 Å². The molecule has 1 aromatic heterocycles. The predicted molar refractivity (Wildman–Crippen MR) is 143 cm³/mol. The van der Waals surface area contributed by atoms with Crippen LogP contribution in [0.5, 0.6) is 0 Å². The second-order valence-electron chi connectivity index (χ2n) is 8.27. The first-order valence-electron chi connectivity index (χ1n) is 11.2. The standard InChI is InChI=1S/C25H20ClN5O4S/c26-17-6-10-22-19(14-17)28-24(35-22)15-3-7-18(8-4-15)27-25(36)29-23(32)16-5-9-20(21(13-16)31(33)34)30-11-1-2-12-30/h3-10,13-14H,1-2,11-12H2,(H2,27,29,32,36). The minimum absolute atomic E-state index is 0.0653. The first-order chi connectivity index (χ1) is 17.4. The van der Waals surface area contributed by atoms with Crippen molar-refractivity contribution >= 4 is 63.0 Å². The minimum atomic E-state index is -0.537. The molecule has 0 aliphatic carbocycles. The lowest BCUT2D eigenvalue weighted by molar-refractivity contribution is -0.384. The lowest BCUT2D eigenvalue weighted by Gasteiger charge is -2.18. The number of anilines is 2. The van der Waals surface area contributed by atoms with Crippen molar-refractivity contribution in [1.82, 2.24) is 10.3 Å². The van der Waals surface area contributed by atoms with E-state index in [1.165, 1.54) is 6.07 Å². The molecule has 0 radical (unpaired) electrons. The molecule has 3 aromatic carbocycles. The highest BCUT2D eigenvalue weighted by molar-refractivity contribution is 7.80. The van der Waals surface area contributed by atoms with Crippen molar-refractivity contribution in [3.05, 3.63) is 81.4 Å². The Morgan fingerprint density at radius 2 is 1.83 bits per heavy atom. The van der Waals surface area contributed by atoms with Crippen LogP contribution in [0.15, 0.2) is 65.1 Å². The molecule has 4 aromatic rings. The number of amides is 1. The van der Waals surface area contributed by atoms with Crippen molar-refractivity contribution < 1.29 is 14.1 Å². The molecule has 182 valence electrons. The topological polar surface area (TPSA) is 114 Å². The highest BCUT2D eigenvalue weighted by Gasteiger charge is 2.24. The number of benzene rings is 3. The number of fused-ring (bicyclic) bond motifs is 1. The van der Waals surface area contributed by atoms with E-state index in [9.17, 15) is 14.9 Å². The van der Waals surface area contributed by atoms with E-state index < -0.39 is 10.8 Å². The molecule has 11 heteroatoms. The zero-order valence-electron chi connectivity index (χ0n) is 18.9. The van der Waals surface area contributed by atoms with Gasteiger partial charge in [-0.25, -0.2) is 4.98 Å². The molecule has 9 nitrogen and oxygen atoms in total. The number of carbonyl (C=O) groups excluding carboxylic acids is 1. The Kier molecular flexibility index (Phi) is 6.53. The molecule has 0 spiro atoms. The number of hydrogen-bond acceptors (Lipinski definition) is 7. The van der Waals surface area contributed by atoms with E-state index in [1.54, 1.807) is 54.6 Å². The van der Waals surface area contributed by atoms with Gasteiger partial charge < -0.3 is 14.6 Å². The van der Waals surface area contributed by atoms with E-state index >= 15 is 0 Å². The molecular formula is C25H20ClN5O4S. The summed E-state index contributed by atoms with van der Waals surface area (Å²) in [5.74, 6) is -0.0843. The summed E-state index contributed by atoms with van der Waals surface area (Å²) in [7, 11) is 0. The first-order valence-corrected chi connectivity index (χ1v) is 12.0. The largest absolute Gasteiger partial charge is 0.436 e. The number of halogens is 1. The third-order valence-electron chi connectivity index (χ3n) is 5.85. The van der Waals surface area contributed by atoms with Crippen LogP contribution >= 0.6 is 23.8 Å². The van der Waals surface area contributed by atoms with E-state index in [4.69, 9.17) is 28.2 Å². The predicted octanol–water partition coefficient (Wildman–Crippen LogP) is 5.78. The molecule has 0 unspecified atom stereocenters. The number of nitro benzene ring substituents is 1. The summed E-state index contributed by atoms with van der Waals surface area (Å²) < 4.78 is 5.78. The second-order valence-corrected chi connectivity index (χ2v) is 9.12. The van der Waals surface area contributed by atoms with E-state index in [1.807, 2.05) is 4.90 Å². The fourth-order valence-electron chi connectivity index (χ4n) is 4.09. The molecule has 2 heterocycles. The lowest BCUT2D eigenvalue weighted by atomic mass is 10.1. The maximum absolute atomic E-state index is 12.7. The highest BCUT2D eigenvalue weighted by atomic mass is 35.5. The van der Waals surface area contributed by atoms with Crippen LogP contribution in [-0.4, -0.2) is 34.0 Å². The number of carbonyl (C=O) groups is 1. The van der Waals surface area contributed by atoms with E-state index in [0.717, 1.165) is 31.5 Å². The smallest absolute Gasteiger partial charge is 0.293 e. The SMILES string of the molecule is O=C(NC(=S)Nc1ccc(-c2nc3cc(Cl)ccc3o2)cc1)c1ccc(N2CCCC2)c([N+](=O)[O-])c1. The molecule has 1 fully saturated rings. The van der Waals surface area contributed by atoms with Gasteiger partial charge in [-0.2, -0.15) is 0 Å². The lowest BCUT2D eigenvalue weighted by Crippen LogP contribution is -2.34. The van der Waals surface area contributed by atoms with Crippen molar-refractivity contribution in [2.24, 2.45) is 0 Å². The van der Waals surface area contributed by atoms with Crippen molar-refractivity contribution in [1.29, 1.82) is 0 Å². The molecule has 36 heavy (non-hydrogen) atoms. The number of nitro groups is 1. The van der Waals surface area contributed by atoms with Gasteiger partial charge in [0.15, 0.2) is 10.7 Å². The number of nitrogens with zero attached hydrogens (tertiary/aromatic N) is 3. The first kappa shape index (κ1) is 23.7.